The molecule has 1 saturated carbocycles. The van der Waals surface area contributed by atoms with Gasteiger partial charge in [0.15, 0.2) is 6.61 Å². The molecule has 1 heterocycles. The molecule has 1 aliphatic carbocycles. The van der Waals surface area contributed by atoms with E-state index in [0.717, 1.165) is 6.42 Å². The van der Waals surface area contributed by atoms with Crippen LogP contribution in [0.2, 0.25) is 5.02 Å². The van der Waals surface area contributed by atoms with Crippen LogP contribution < -0.4 is 5.32 Å². The molecular formula is C18H21ClN4O3. The number of hydrogen-bond donors (Lipinski definition) is 1. The van der Waals surface area contributed by atoms with Crippen molar-refractivity contribution < 1.29 is 14.3 Å². The Hall–Kier alpha value is -2.41. The fraction of sp³-hybridized carbons (Fsp3) is 0.444. The average Bonchev–Trinajstić information content (AvgIpc) is 3.32. The van der Waals surface area contributed by atoms with E-state index < -0.39 is 5.91 Å². The summed E-state index contributed by atoms with van der Waals surface area (Å²) >= 11 is 6.01. The number of amides is 1. The zero-order valence-corrected chi connectivity index (χ0v) is 15.1. The zero-order chi connectivity index (χ0) is 18.4. The topological polar surface area (TPSA) is 86.1 Å². The van der Waals surface area contributed by atoms with E-state index >= 15 is 0 Å². The van der Waals surface area contributed by atoms with Crippen molar-refractivity contribution in [2.45, 2.75) is 38.5 Å². The van der Waals surface area contributed by atoms with Crippen LogP contribution in [0.1, 0.15) is 38.5 Å². The second-order valence-electron chi connectivity index (χ2n) is 6.40. The lowest BCUT2D eigenvalue weighted by atomic mass is 10.0. The number of esters is 1. The zero-order valence-electron chi connectivity index (χ0n) is 14.4. The van der Waals surface area contributed by atoms with Gasteiger partial charge < -0.3 is 10.1 Å². The second-order valence-corrected chi connectivity index (χ2v) is 6.84. The van der Waals surface area contributed by atoms with E-state index in [-0.39, 0.29) is 12.6 Å². The van der Waals surface area contributed by atoms with Gasteiger partial charge in [0.05, 0.1) is 11.4 Å². The van der Waals surface area contributed by atoms with Crippen LogP contribution in [0.15, 0.2) is 30.9 Å². The predicted molar refractivity (Wildman–Crippen MR) is 97.1 cm³/mol. The van der Waals surface area contributed by atoms with E-state index in [2.05, 4.69) is 15.4 Å². The molecule has 1 N–H and O–H groups in total. The molecule has 1 aromatic heterocycles. The molecule has 0 saturated heterocycles. The number of ether oxygens (including phenoxy) is 1. The Labute approximate surface area is 156 Å². The minimum atomic E-state index is -0.428. The number of rotatable bonds is 7. The fourth-order valence-corrected chi connectivity index (χ4v) is 3.34. The summed E-state index contributed by atoms with van der Waals surface area (Å²) in [6, 6.07) is 5.02. The van der Waals surface area contributed by atoms with Crippen molar-refractivity contribution in [1.29, 1.82) is 0 Å². The Bertz CT molecular complexity index is 758. The highest BCUT2D eigenvalue weighted by Crippen LogP contribution is 2.28. The first kappa shape index (κ1) is 18.4. The Kier molecular flexibility index (Phi) is 6.22. The van der Waals surface area contributed by atoms with Gasteiger partial charge in [-0.25, -0.2) is 9.67 Å². The lowest BCUT2D eigenvalue weighted by Crippen LogP contribution is -2.22. The van der Waals surface area contributed by atoms with Gasteiger partial charge in [0, 0.05) is 11.4 Å². The van der Waals surface area contributed by atoms with Crippen LogP contribution in [0.3, 0.4) is 0 Å². The van der Waals surface area contributed by atoms with E-state index in [9.17, 15) is 9.59 Å². The van der Waals surface area contributed by atoms with Crippen LogP contribution >= 0.6 is 11.6 Å². The van der Waals surface area contributed by atoms with E-state index in [1.165, 1.54) is 43.0 Å². The number of anilines is 1. The Morgan fingerprint density at radius 3 is 2.85 bits per heavy atom. The molecule has 0 spiro atoms. The predicted octanol–water partition coefficient (Wildman–Crippen LogP) is 3.37. The smallest absolute Gasteiger partial charge is 0.306 e. The lowest BCUT2D eigenvalue weighted by molar-refractivity contribution is -0.147. The third-order valence-electron chi connectivity index (χ3n) is 4.49. The van der Waals surface area contributed by atoms with E-state index in [1.54, 1.807) is 18.2 Å². The standard InChI is InChI=1S/C18H21ClN4O3/c19-14-6-7-16(23-12-20-11-21-23)15(9-14)22-17(24)10-26-18(25)8-5-13-3-1-2-4-13/h6-7,9,11-13H,1-5,8,10H2,(H,22,24). The van der Waals surface area contributed by atoms with Gasteiger partial charge in [-0.15, -0.1) is 0 Å². The maximum absolute atomic E-state index is 12.1. The Morgan fingerprint density at radius 2 is 2.12 bits per heavy atom. The summed E-state index contributed by atoms with van der Waals surface area (Å²) in [4.78, 5) is 27.8. The molecule has 0 radical (unpaired) electrons. The first-order chi connectivity index (χ1) is 12.6. The first-order valence-corrected chi connectivity index (χ1v) is 9.09. The Balaban J connectivity index is 1.51. The lowest BCUT2D eigenvalue weighted by Gasteiger charge is -2.12. The van der Waals surface area contributed by atoms with Crippen LogP contribution in [-0.4, -0.2) is 33.2 Å². The molecule has 1 amide bonds. The number of nitrogens with one attached hydrogen (secondary N) is 1. The van der Waals surface area contributed by atoms with E-state index in [4.69, 9.17) is 16.3 Å². The minimum Gasteiger partial charge on any atom is -0.456 e. The van der Waals surface area contributed by atoms with Gasteiger partial charge >= 0.3 is 5.97 Å². The monoisotopic (exact) mass is 376 g/mol. The van der Waals surface area contributed by atoms with Crippen LogP contribution in [0.4, 0.5) is 5.69 Å². The highest BCUT2D eigenvalue weighted by molar-refractivity contribution is 6.31. The van der Waals surface area contributed by atoms with Crippen molar-refractivity contribution in [3.63, 3.8) is 0 Å². The van der Waals surface area contributed by atoms with Crippen molar-refractivity contribution >= 4 is 29.2 Å². The molecule has 1 aliphatic rings. The van der Waals surface area contributed by atoms with Gasteiger partial charge in [0.1, 0.15) is 12.7 Å². The van der Waals surface area contributed by atoms with Gasteiger partial charge in [0.25, 0.3) is 5.91 Å². The van der Waals surface area contributed by atoms with Gasteiger partial charge in [-0.3, -0.25) is 9.59 Å². The molecular weight excluding hydrogens is 356 g/mol. The molecule has 0 bridgehead atoms. The highest BCUT2D eigenvalue weighted by Gasteiger charge is 2.17. The number of carbonyl (C=O) groups excluding carboxylic acids is 2. The van der Waals surface area contributed by atoms with E-state index in [1.807, 2.05) is 0 Å². The molecule has 26 heavy (non-hydrogen) atoms. The number of benzene rings is 1. The van der Waals surface area contributed by atoms with Crippen molar-refractivity contribution in [3.05, 3.63) is 35.9 Å². The number of halogens is 1. The number of carbonyl (C=O) groups is 2. The fourth-order valence-electron chi connectivity index (χ4n) is 3.17. The maximum atomic E-state index is 12.1. The van der Waals surface area contributed by atoms with Gasteiger partial charge in [0.2, 0.25) is 0 Å². The van der Waals surface area contributed by atoms with E-state index in [0.29, 0.717) is 28.7 Å². The quantitative estimate of drug-likeness (QED) is 0.748. The molecule has 1 aromatic carbocycles. The molecule has 2 aromatic rings. The molecule has 3 rings (SSSR count). The van der Waals surface area contributed by atoms with Crippen LogP contribution in [0.25, 0.3) is 5.69 Å². The molecule has 0 aliphatic heterocycles. The van der Waals surface area contributed by atoms with Crippen LogP contribution in [-0.2, 0) is 14.3 Å². The molecule has 138 valence electrons. The van der Waals surface area contributed by atoms with Crippen molar-refractivity contribution in [1.82, 2.24) is 14.8 Å². The van der Waals surface area contributed by atoms with Crippen molar-refractivity contribution in [3.8, 4) is 5.69 Å². The average molecular weight is 377 g/mol. The summed E-state index contributed by atoms with van der Waals surface area (Å²) in [5.74, 6) is -0.148. The second kappa shape index (κ2) is 8.80. The minimum absolute atomic E-state index is 0.327. The maximum Gasteiger partial charge on any atom is 0.306 e. The summed E-state index contributed by atoms with van der Waals surface area (Å²) < 4.78 is 6.59. The number of hydrogen-bond acceptors (Lipinski definition) is 5. The normalized spacial score (nSPS) is 14.3. The Morgan fingerprint density at radius 1 is 1.31 bits per heavy atom. The van der Waals surface area contributed by atoms with Crippen molar-refractivity contribution in [2.75, 3.05) is 11.9 Å². The SMILES string of the molecule is O=C(COC(=O)CCC1CCCC1)Nc1cc(Cl)ccc1-n1cncn1. The van der Waals surface area contributed by atoms with Crippen LogP contribution in [0.5, 0.6) is 0 Å². The summed E-state index contributed by atoms with van der Waals surface area (Å²) in [6.07, 6.45) is 8.98. The highest BCUT2D eigenvalue weighted by atomic mass is 35.5. The summed E-state index contributed by atoms with van der Waals surface area (Å²) in [6.45, 7) is -0.327. The van der Waals surface area contributed by atoms with Gasteiger partial charge in [-0.2, -0.15) is 5.10 Å². The largest absolute Gasteiger partial charge is 0.456 e. The number of aromatic nitrogens is 3. The molecule has 7 nitrogen and oxygen atoms in total. The van der Waals surface area contributed by atoms with Gasteiger partial charge in [-0.1, -0.05) is 37.3 Å². The molecule has 0 atom stereocenters. The summed E-state index contributed by atoms with van der Waals surface area (Å²) in [5, 5.41) is 7.22. The summed E-state index contributed by atoms with van der Waals surface area (Å²) in [5.41, 5.74) is 1.09. The third kappa shape index (κ3) is 5.05. The molecule has 8 heteroatoms. The van der Waals surface area contributed by atoms with Crippen LogP contribution in [0, 0.1) is 5.92 Å². The van der Waals surface area contributed by atoms with Gasteiger partial charge in [-0.05, 0) is 30.5 Å². The van der Waals surface area contributed by atoms with Crippen molar-refractivity contribution in [2.24, 2.45) is 5.92 Å². The third-order valence-corrected chi connectivity index (χ3v) is 4.73. The molecule has 1 fully saturated rings. The summed E-state index contributed by atoms with van der Waals surface area (Å²) in [7, 11) is 0. The molecule has 0 unspecified atom stereocenters. The first-order valence-electron chi connectivity index (χ1n) is 8.72. The number of nitrogens with zero attached hydrogens (tertiary/aromatic N) is 3.